The second-order valence-corrected chi connectivity index (χ2v) is 13.0. The molecule has 0 saturated heterocycles. The van der Waals surface area contributed by atoms with Crippen LogP contribution in [0.3, 0.4) is 0 Å². The maximum Gasteiger partial charge on any atom is 0.320 e. The maximum atomic E-state index is 13.1. The number of carboxylic acid groups (broad SMARTS) is 1. The summed E-state index contributed by atoms with van der Waals surface area (Å²) in [6, 6.07) is 3.30. The van der Waals surface area contributed by atoms with E-state index in [9.17, 15) is 9.59 Å². The zero-order valence-corrected chi connectivity index (χ0v) is 23.2. The SMILES string of the molecule is COC1=C(C)C(CSSCCC(N)C(=O)O)N(c2nc3cc4c(cc3[nH]2)C(C)(C)C(=O)C4(C)C)C=C1. The van der Waals surface area contributed by atoms with E-state index in [0.29, 0.717) is 12.2 Å². The standard InChI is InChI=1S/C26H34N4O4S2/c1-14-20(13-36-35-10-8-17(27)22(31)32)30(9-7-21(14)34-6)24-28-18-11-15-16(12-19(18)29-24)26(4,5)23(33)25(15,2)3/h7,9,11-12,17,20H,8,10,13,27H2,1-6H3,(H,28,29)(H,31,32). The molecule has 0 fully saturated rings. The second-order valence-electron chi connectivity index (χ2n) is 10.4. The number of ketones is 1. The number of nitrogens with zero attached hydrogens (tertiary/aromatic N) is 2. The number of carbonyl (C=O) groups excluding carboxylic acids is 1. The lowest BCUT2D eigenvalue weighted by Crippen LogP contribution is -2.37. The van der Waals surface area contributed by atoms with E-state index in [1.54, 1.807) is 28.7 Å². The first-order valence-electron chi connectivity index (χ1n) is 11.9. The molecule has 2 heterocycles. The van der Waals surface area contributed by atoms with Gasteiger partial charge in [-0.25, -0.2) is 4.98 Å². The fraction of sp³-hybridized carbons (Fsp3) is 0.500. The fourth-order valence-electron chi connectivity index (χ4n) is 5.10. The highest BCUT2D eigenvalue weighted by Gasteiger charge is 2.50. The van der Waals surface area contributed by atoms with Crippen LogP contribution in [0.2, 0.25) is 0 Å². The number of anilines is 1. The van der Waals surface area contributed by atoms with E-state index in [1.807, 2.05) is 40.0 Å². The van der Waals surface area contributed by atoms with Crippen LogP contribution in [0.4, 0.5) is 5.95 Å². The van der Waals surface area contributed by atoms with Crippen molar-refractivity contribution >= 4 is 50.3 Å². The van der Waals surface area contributed by atoms with E-state index in [2.05, 4.69) is 28.9 Å². The van der Waals surface area contributed by atoms with Crippen molar-refractivity contribution in [2.45, 2.75) is 64.0 Å². The Balaban J connectivity index is 1.59. The third-order valence-corrected chi connectivity index (χ3v) is 9.73. The molecule has 0 amide bonds. The molecular formula is C26H34N4O4S2. The molecule has 4 rings (SSSR count). The number of rotatable bonds is 9. The first-order chi connectivity index (χ1) is 16.9. The van der Waals surface area contributed by atoms with Crippen molar-refractivity contribution in [3.05, 3.63) is 46.9 Å². The molecule has 1 aliphatic heterocycles. The molecule has 0 bridgehead atoms. The van der Waals surface area contributed by atoms with Crippen molar-refractivity contribution in [3.63, 3.8) is 0 Å². The number of aliphatic carboxylic acids is 1. The molecule has 4 N–H and O–H groups in total. The number of nitrogens with two attached hydrogens (primary N) is 1. The molecule has 0 spiro atoms. The van der Waals surface area contributed by atoms with Gasteiger partial charge in [-0.3, -0.25) is 9.59 Å². The molecular weight excluding hydrogens is 496 g/mol. The van der Waals surface area contributed by atoms with Crippen LogP contribution >= 0.6 is 21.6 Å². The lowest BCUT2D eigenvalue weighted by Gasteiger charge is -2.32. The number of fused-ring (bicyclic) bond motifs is 2. The Kier molecular flexibility index (Phi) is 7.24. The summed E-state index contributed by atoms with van der Waals surface area (Å²) in [7, 11) is 4.96. The average molecular weight is 531 g/mol. The monoisotopic (exact) mass is 530 g/mol. The topological polar surface area (TPSA) is 122 Å². The number of imidazole rings is 1. The van der Waals surface area contributed by atoms with Gasteiger partial charge in [-0.05, 0) is 75.9 Å². The molecule has 2 aromatic rings. The molecule has 1 aromatic carbocycles. The van der Waals surface area contributed by atoms with E-state index < -0.39 is 22.8 Å². The predicted octanol–water partition coefficient (Wildman–Crippen LogP) is 4.51. The molecule has 2 unspecified atom stereocenters. The minimum Gasteiger partial charge on any atom is -0.497 e. The van der Waals surface area contributed by atoms with E-state index in [-0.39, 0.29) is 11.8 Å². The fourth-order valence-corrected chi connectivity index (χ4v) is 7.53. The number of Topliss-reactive ketones (excluding diaryl/α,β-unsaturated/α-hetero) is 1. The van der Waals surface area contributed by atoms with Crippen LogP contribution in [0.25, 0.3) is 11.0 Å². The Labute approximate surface area is 219 Å². The highest BCUT2D eigenvalue weighted by atomic mass is 33.1. The Morgan fingerprint density at radius 2 is 1.92 bits per heavy atom. The van der Waals surface area contributed by atoms with E-state index in [4.69, 9.17) is 20.6 Å². The van der Waals surface area contributed by atoms with Crippen LogP contribution in [-0.2, 0) is 25.2 Å². The molecule has 0 radical (unpaired) electrons. The first kappa shape index (κ1) is 26.6. The molecule has 8 nitrogen and oxygen atoms in total. The summed E-state index contributed by atoms with van der Waals surface area (Å²) in [5.41, 5.74) is 9.43. The zero-order valence-electron chi connectivity index (χ0n) is 21.5. The van der Waals surface area contributed by atoms with Crippen LogP contribution in [0.1, 0.15) is 52.2 Å². The highest BCUT2D eigenvalue weighted by Crippen LogP contribution is 2.47. The minimum absolute atomic E-state index is 0.00235. The van der Waals surface area contributed by atoms with E-state index in [0.717, 1.165) is 45.2 Å². The van der Waals surface area contributed by atoms with Crippen molar-refractivity contribution in [2.75, 3.05) is 23.5 Å². The number of allylic oxidation sites excluding steroid dienone is 1. The van der Waals surface area contributed by atoms with Crippen molar-refractivity contribution < 1.29 is 19.4 Å². The maximum absolute atomic E-state index is 13.1. The quantitative estimate of drug-likeness (QED) is 0.318. The zero-order chi connectivity index (χ0) is 26.4. The largest absolute Gasteiger partial charge is 0.497 e. The van der Waals surface area contributed by atoms with Gasteiger partial charge in [0, 0.05) is 28.5 Å². The van der Waals surface area contributed by atoms with Crippen LogP contribution in [0, 0.1) is 0 Å². The van der Waals surface area contributed by atoms with Crippen molar-refractivity contribution in [1.82, 2.24) is 9.97 Å². The van der Waals surface area contributed by atoms with Crippen LogP contribution in [0.5, 0.6) is 0 Å². The van der Waals surface area contributed by atoms with Gasteiger partial charge < -0.3 is 25.5 Å². The Bertz CT molecular complexity index is 1210. The molecule has 10 heteroatoms. The van der Waals surface area contributed by atoms with E-state index in [1.165, 1.54) is 0 Å². The lowest BCUT2D eigenvalue weighted by atomic mass is 9.80. The molecule has 194 valence electrons. The summed E-state index contributed by atoms with van der Waals surface area (Å²) in [5, 5.41) is 8.98. The summed E-state index contributed by atoms with van der Waals surface area (Å²) in [6.45, 7) is 10.0. The molecule has 1 aliphatic carbocycles. The predicted molar refractivity (Wildman–Crippen MR) is 147 cm³/mol. The summed E-state index contributed by atoms with van der Waals surface area (Å²) >= 11 is 0. The highest BCUT2D eigenvalue weighted by molar-refractivity contribution is 8.76. The molecule has 2 aliphatic rings. The number of hydrogen-bond acceptors (Lipinski definition) is 8. The number of methoxy groups -OCH3 is 1. The van der Waals surface area contributed by atoms with Gasteiger partial charge >= 0.3 is 5.97 Å². The summed E-state index contributed by atoms with van der Waals surface area (Å²) in [5.74, 6) is 2.21. The number of nitrogens with one attached hydrogen (secondary N) is 1. The summed E-state index contributed by atoms with van der Waals surface area (Å²) in [6.07, 6.45) is 4.33. The number of hydrogen-bond donors (Lipinski definition) is 3. The average Bonchev–Trinajstić information content (AvgIpc) is 3.30. The van der Waals surface area contributed by atoms with Gasteiger partial charge in [-0.1, -0.05) is 21.6 Å². The number of aromatic amines is 1. The van der Waals surface area contributed by atoms with Gasteiger partial charge in [0.05, 0.1) is 24.2 Å². The van der Waals surface area contributed by atoms with Crippen molar-refractivity contribution in [3.8, 4) is 0 Å². The van der Waals surface area contributed by atoms with Crippen molar-refractivity contribution in [1.29, 1.82) is 0 Å². The number of ether oxygens (including phenoxy) is 1. The van der Waals surface area contributed by atoms with Gasteiger partial charge in [0.2, 0.25) is 5.95 Å². The Morgan fingerprint density at radius 3 is 2.56 bits per heavy atom. The number of aromatic nitrogens is 2. The first-order valence-corrected chi connectivity index (χ1v) is 14.4. The van der Waals surface area contributed by atoms with Gasteiger partial charge in [-0.2, -0.15) is 0 Å². The van der Waals surface area contributed by atoms with Crippen LogP contribution in [0.15, 0.2) is 35.7 Å². The molecule has 0 saturated carbocycles. The third kappa shape index (κ3) is 4.54. The Hall–Kier alpha value is -2.43. The van der Waals surface area contributed by atoms with Crippen LogP contribution in [-0.4, -0.2) is 57.5 Å². The summed E-state index contributed by atoms with van der Waals surface area (Å²) in [4.78, 5) is 34.5. The Morgan fingerprint density at radius 1 is 1.25 bits per heavy atom. The molecule has 36 heavy (non-hydrogen) atoms. The van der Waals surface area contributed by atoms with Gasteiger partial charge in [0.1, 0.15) is 11.8 Å². The normalized spacial score (nSPS) is 21.2. The molecule has 2 atom stereocenters. The third-order valence-electron chi connectivity index (χ3n) is 7.30. The number of benzene rings is 1. The van der Waals surface area contributed by atoms with Crippen LogP contribution < -0.4 is 10.6 Å². The minimum atomic E-state index is -0.972. The van der Waals surface area contributed by atoms with E-state index >= 15 is 0 Å². The molecule has 1 aromatic heterocycles. The van der Waals surface area contributed by atoms with Gasteiger partial charge in [-0.15, -0.1) is 0 Å². The smallest absolute Gasteiger partial charge is 0.320 e. The number of carboxylic acids is 1. The number of H-pyrrole nitrogens is 1. The summed E-state index contributed by atoms with van der Waals surface area (Å²) < 4.78 is 5.58. The second kappa shape index (κ2) is 9.79. The van der Waals surface area contributed by atoms with Crippen molar-refractivity contribution in [2.24, 2.45) is 5.73 Å². The number of carbonyl (C=O) groups is 2. The lowest BCUT2D eigenvalue weighted by molar-refractivity contribution is -0.138. The van der Waals surface area contributed by atoms with Gasteiger partial charge in [0.25, 0.3) is 0 Å². The van der Waals surface area contributed by atoms with Gasteiger partial charge in [0.15, 0.2) is 5.78 Å².